The van der Waals surface area contributed by atoms with Gasteiger partial charge >= 0.3 is 5.97 Å². The standard InChI is InChI=1S/C25H21NO3S/c1-3-29-25(28)22-21(18-13-11-16(2)12-14-18)15-30-24(22)26-23(27)20-10-6-8-17-7-4-5-9-19(17)20/h4-15H,3H2,1-2H3,(H,26,27). The minimum absolute atomic E-state index is 0.255. The van der Waals surface area contributed by atoms with Crippen molar-refractivity contribution in [3.63, 3.8) is 0 Å². The van der Waals surface area contributed by atoms with Crippen LogP contribution in [0.1, 0.15) is 33.2 Å². The number of nitrogens with one attached hydrogen (secondary N) is 1. The number of hydrogen-bond acceptors (Lipinski definition) is 4. The highest BCUT2D eigenvalue weighted by Gasteiger charge is 2.23. The van der Waals surface area contributed by atoms with Crippen molar-refractivity contribution in [2.24, 2.45) is 0 Å². The average molecular weight is 416 g/mol. The molecule has 4 aromatic rings. The molecule has 4 rings (SSSR count). The van der Waals surface area contributed by atoms with Gasteiger partial charge in [-0.1, -0.05) is 66.2 Å². The average Bonchev–Trinajstić information content (AvgIpc) is 3.17. The summed E-state index contributed by atoms with van der Waals surface area (Å²) in [6, 6.07) is 21.3. The number of hydrogen-bond donors (Lipinski definition) is 1. The summed E-state index contributed by atoms with van der Waals surface area (Å²) in [6.45, 7) is 4.04. The lowest BCUT2D eigenvalue weighted by Crippen LogP contribution is -2.15. The minimum atomic E-state index is -0.442. The molecule has 0 aliphatic heterocycles. The van der Waals surface area contributed by atoms with E-state index < -0.39 is 5.97 Å². The number of carbonyl (C=O) groups excluding carboxylic acids is 2. The third kappa shape index (κ3) is 3.84. The first kappa shape index (κ1) is 19.9. The number of benzene rings is 3. The highest BCUT2D eigenvalue weighted by atomic mass is 32.1. The number of aryl methyl sites for hydroxylation is 1. The quantitative estimate of drug-likeness (QED) is 0.389. The molecule has 0 unspecified atom stereocenters. The van der Waals surface area contributed by atoms with Crippen LogP contribution in [0.4, 0.5) is 5.00 Å². The Hall–Kier alpha value is -3.44. The molecule has 3 aromatic carbocycles. The van der Waals surface area contributed by atoms with Crippen LogP contribution in [0.2, 0.25) is 0 Å². The fourth-order valence-electron chi connectivity index (χ4n) is 3.40. The molecule has 1 heterocycles. The molecule has 0 saturated carbocycles. The van der Waals surface area contributed by atoms with Crippen molar-refractivity contribution < 1.29 is 14.3 Å². The smallest absolute Gasteiger partial charge is 0.341 e. The summed E-state index contributed by atoms with van der Waals surface area (Å²) >= 11 is 1.33. The van der Waals surface area contributed by atoms with Gasteiger partial charge in [0.05, 0.1) is 6.61 Å². The van der Waals surface area contributed by atoms with Gasteiger partial charge in [-0.15, -0.1) is 11.3 Å². The van der Waals surface area contributed by atoms with Crippen LogP contribution in [-0.2, 0) is 4.74 Å². The first-order valence-electron chi connectivity index (χ1n) is 9.73. The number of fused-ring (bicyclic) bond motifs is 1. The fraction of sp³-hybridized carbons (Fsp3) is 0.120. The molecule has 30 heavy (non-hydrogen) atoms. The van der Waals surface area contributed by atoms with Crippen LogP contribution in [0.15, 0.2) is 72.1 Å². The highest BCUT2D eigenvalue weighted by Crippen LogP contribution is 2.37. The predicted molar refractivity (Wildman–Crippen MR) is 122 cm³/mol. The molecule has 0 spiro atoms. The van der Waals surface area contributed by atoms with E-state index in [2.05, 4.69) is 5.32 Å². The fourth-order valence-corrected chi connectivity index (χ4v) is 4.35. The van der Waals surface area contributed by atoms with Gasteiger partial charge in [-0.05, 0) is 36.2 Å². The number of rotatable bonds is 5. The molecule has 1 N–H and O–H groups in total. The zero-order chi connectivity index (χ0) is 21.1. The topological polar surface area (TPSA) is 55.4 Å². The molecule has 0 bridgehead atoms. The summed E-state index contributed by atoms with van der Waals surface area (Å²) in [5.41, 5.74) is 3.75. The third-order valence-electron chi connectivity index (χ3n) is 4.89. The summed E-state index contributed by atoms with van der Waals surface area (Å²) < 4.78 is 5.29. The zero-order valence-corrected chi connectivity index (χ0v) is 17.6. The number of thiophene rings is 1. The van der Waals surface area contributed by atoms with E-state index in [0.29, 0.717) is 16.1 Å². The van der Waals surface area contributed by atoms with E-state index in [4.69, 9.17) is 4.74 Å². The summed E-state index contributed by atoms with van der Waals surface area (Å²) in [6.07, 6.45) is 0. The van der Waals surface area contributed by atoms with Gasteiger partial charge in [0.2, 0.25) is 0 Å². The SMILES string of the molecule is CCOC(=O)c1c(-c2ccc(C)cc2)csc1NC(=O)c1cccc2ccccc12. The van der Waals surface area contributed by atoms with Crippen LogP contribution in [0.25, 0.3) is 21.9 Å². The molecule has 0 fully saturated rings. The van der Waals surface area contributed by atoms with Gasteiger partial charge in [-0.25, -0.2) is 4.79 Å². The Morgan fingerprint density at radius 1 is 0.967 bits per heavy atom. The Morgan fingerprint density at radius 3 is 2.47 bits per heavy atom. The second-order valence-electron chi connectivity index (χ2n) is 6.92. The molecule has 0 saturated heterocycles. The van der Waals surface area contributed by atoms with E-state index in [-0.39, 0.29) is 12.5 Å². The van der Waals surface area contributed by atoms with Crippen molar-refractivity contribution in [2.75, 3.05) is 11.9 Å². The lowest BCUT2D eigenvalue weighted by molar-refractivity contribution is 0.0529. The Balaban J connectivity index is 1.74. The summed E-state index contributed by atoms with van der Waals surface area (Å²) in [7, 11) is 0. The summed E-state index contributed by atoms with van der Waals surface area (Å²) in [5, 5.41) is 7.17. The second kappa shape index (κ2) is 8.51. The molecule has 0 aliphatic carbocycles. The Labute approximate surface area is 179 Å². The van der Waals surface area contributed by atoms with Crippen LogP contribution >= 0.6 is 11.3 Å². The lowest BCUT2D eigenvalue weighted by Gasteiger charge is -2.10. The van der Waals surface area contributed by atoms with Gasteiger partial charge in [0.15, 0.2) is 0 Å². The van der Waals surface area contributed by atoms with Crippen molar-refractivity contribution in [2.45, 2.75) is 13.8 Å². The number of anilines is 1. The van der Waals surface area contributed by atoms with E-state index in [1.165, 1.54) is 11.3 Å². The van der Waals surface area contributed by atoms with Crippen molar-refractivity contribution >= 4 is 39.0 Å². The van der Waals surface area contributed by atoms with Gasteiger partial charge in [-0.3, -0.25) is 4.79 Å². The van der Waals surface area contributed by atoms with Crippen LogP contribution in [0.5, 0.6) is 0 Å². The number of esters is 1. The Morgan fingerprint density at radius 2 is 1.70 bits per heavy atom. The van der Waals surface area contributed by atoms with Gasteiger partial charge in [0.25, 0.3) is 5.91 Å². The first-order chi connectivity index (χ1) is 14.6. The predicted octanol–water partition coefficient (Wildman–Crippen LogP) is 6.31. The molecule has 1 aromatic heterocycles. The Bertz CT molecular complexity index is 1220. The molecule has 0 radical (unpaired) electrons. The lowest BCUT2D eigenvalue weighted by atomic mass is 10.0. The van der Waals surface area contributed by atoms with Crippen LogP contribution in [0.3, 0.4) is 0 Å². The van der Waals surface area contributed by atoms with E-state index >= 15 is 0 Å². The van der Waals surface area contributed by atoms with Crippen molar-refractivity contribution in [1.29, 1.82) is 0 Å². The number of ether oxygens (including phenoxy) is 1. The van der Waals surface area contributed by atoms with Crippen molar-refractivity contribution in [1.82, 2.24) is 0 Å². The maximum atomic E-state index is 13.1. The highest BCUT2D eigenvalue weighted by molar-refractivity contribution is 7.15. The molecular formula is C25H21NO3S. The van der Waals surface area contributed by atoms with Gasteiger partial charge in [-0.2, -0.15) is 0 Å². The van der Waals surface area contributed by atoms with Crippen LogP contribution in [-0.4, -0.2) is 18.5 Å². The molecule has 1 amide bonds. The second-order valence-corrected chi connectivity index (χ2v) is 7.80. The molecule has 4 nitrogen and oxygen atoms in total. The number of carbonyl (C=O) groups is 2. The maximum absolute atomic E-state index is 13.1. The van der Waals surface area contributed by atoms with E-state index in [1.807, 2.05) is 73.0 Å². The van der Waals surface area contributed by atoms with Gasteiger partial charge < -0.3 is 10.1 Å². The molecule has 0 aliphatic rings. The van der Waals surface area contributed by atoms with Crippen molar-refractivity contribution in [3.8, 4) is 11.1 Å². The Kier molecular flexibility index (Phi) is 5.63. The summed E-state index contributed by atoms with van der Waals surface area (Å²) in [5.74, 6) is -0.697. The molecule has 5 heteroatoms. The molecular weight excluding hydrogens is 394 g/mol. The minimum Gasteiger partial charge on any atom is -0.462 e. The van der Waals surface area contributed by atoms with Gasteiger partial charge in [0, 0.05) is 16.5 Å². The summed E-state index contributed by atoms with van der Waals surface area (Å²) in [4.78, 5) is 25.8. The van der Waals surface area contributed by atoms with E-state index in [1.54, 1.807) is 13.0 Å². The monoisotopic (exact) mass is 415 g/mol. The third-order valence-corrected chi connectivity index (χ3v) is 5.79. The van der Waals surface area contributed by atoms with E-state index in [0.717, 1.165) is 27.5 Å². The number of amides is 1. The maximum Gasteiger partial charge on any atom is 0.341 e. The van der Waals surface area contributed by atoms with Crippen LogP contribution in [0, 0.1) is 6.92 Å². The van der Waals surface area contributed by atoms with Gasteiger partial charge in [0.1, 0.15) is 10.6 Å². The normalized spacial score (nSPS) is 10.7. The zero-order valence-electron chi connectivity index (χ0n) is 16.8. The molecule has 0 atom stereocenters. The first-order valence-corrected chi connectivity index (χ1v) is 10.6. The van der Waals surface area contributed by atoms with Crippen molar-refractivity contribution in [3.05, 3.63) is 88.8 Å². The van der Waals surface area contributed by atoms with E-state index in [9.17, 15) is 9.59 Å². The van der Waals surface area contributed by atoms with Crippen LogP contribution < -0.4 is 5.32 Å². The molecule has 150 valence electrons. The largest absolute Gasteiger partial charge is 0.462 e.